The van der Waals surface area contributed by atoms with Crippen LogP contribution in [0.25, 0.3) is 0 Å². The minimum atomic E-state index is -0.268. The molecule has 1 atom stereocenters. The molecule has 4 heteroatoms. The molecular weight excluding hydrogens is 333 g/mol. The van der Waals surface area contributed by atoms with Crippen molar-refractivity contribution in [3.05, 3.63) is 62.9 Å². The van der Waals surface area contributed by atoms with Crippen molar-refractivity contribution >= 4 is 15.9 Å². The van der Waals surface area contributed by atoms with E-state index in [2.05, 4.69) is 27.3 Å². The van der Waals surface area contributed by atoms with Gasteiger partial charge in [-0.3, -0.25) is 0 Å². The number of nitrogens with one attached hydrogen (secondary N) is 1. The summed E-state index contributed by atoms with van der Waals surface area (Å²) in [5.41, 5.74) is 4.11. The second kappa shape index (κ2) is 6.58. The molecule has 112 valence electrons. The van der Waals surface area contributed by atoms with Gasteiger partial charge in [-0.2, -0.15) is 0 Å². The minimum absolute atomic E-state index is 0.149. The van der Waals surface area contributed by atoms with Gasteiger partial charge < -0.3 is 10.1 Å². The fourth-order valence-electron chi connectivity index (χ4n) is 2.53. The monoisotopic (exact) mass is 351 g/mol. The van der Waals surface area contributed by atoms with Crippen LogP contribution < -0.4 is 10.1 Å². The van der Waals surface area contributed by atoms with Gasteiger partial charge in [-0.15, -0.1) is 0 Å². The van der Waals surface area contributed by atoms with Gasteiger partial charge in [-0.1, -0.05) is 24.3 Å². The zero-order valence-corrected chi connectivity index (χ0v) is 14.2. The van der Waals surface area contributed by atoms with Crippen LogP contribution in [-0.2, 0) is 0 Å². The second-order valence-corrected chi connectivity index (χ2v) is 5.79. The maximum absolute atomic E-state index is 13.8. The molecule has 0 heterocycles. The highest BCUT2D eigenvalue weighted by molar-refractivity contribution is 9.10. The Labute approximate surface area is 133 Å². The van der Waals surface area contributed by atoms with Crippen LogP contribution in [0.4, 0.5) is 4.39 Å². The third-order valence-corrected chi connectivity index (χ3v) is 4.64. The summed E-state index contributed by atoms with van der Waals surface area (Å²) in [6, 6.07) is 9.00. The van der Waals surface area contributed by atoms with E-state index in [1.54, 1.807) is 13.2 Å². The standard InChI is InChI=1S/C17H19BrFNO/c1-10-8-9-13(17(21-4)11(10)2)16(20-3)12-6-5-7-14(19)15(12)18/h5-9,16,20H,1-4H3. The van der Waals surface area contributed by atoms with Crippen molar-refractivity contribution in [2.24, 2.45) is 0 Å². The zero-order valence-electron chi connectivity index (χ0n) is 12.6. The van der Waals surface area contributed by atoms with E-state index in [1.165, 1.54) is 11.6 Å². The third kappa shape index (κ3) is 2.97. The van der Waals surface area contributed by atoms with Crippen molar-refractivity contribution < 1.29 is 9.13 Å². The van der Waals surface area contributed by atoms with E-state index in [-0.39, 0.29) is 11.9 Å². The average Bonchev–Trinajstić information content (AvgIpc) is 2.48. The Morgan fingerprint density at radius 2 is 1.86 bits per heavy atom. The van der Waals surface area contributed by atoms with Crippen LogP contribution in [0.5, 0.6) is 5.75 Å². The molecule has 0 saturated carbocycles. The maximum Gasteiger partial charge on any atom is 0.137 e. The average molecular weight is 352 g/mol. The van der Waals surface area contributed by atoms with Gasteiger partial charge >= 0.3 is 0 Å². The number of benzene rings is 2. The van der Waals surface area contributed by atoms with Crippen LogP contribution in [-0.4, -0.2) is 14.2 Å². The highest BCUT2D eigenvalue weighted by Gasteiger charge is 2.21. The summed E-state index contributed by atoms with van der Waals surface area (Å²) in [6.07, 6.45) is 0. The fraction of sp³-hybridized carbons (Fsp3) is 0.294. The molecule has 2 aromatic rings. The predicted octanol–water partition coefficient (Wildman–Crippen LogP) is 4.52. The van der Waals surface area contributed by atoms with Crippen LogP contribution >= 0.6 is 15.9 Å². The summed E-state index contributed by atoms with van der Waals surface area (Å²) in [5.74, 6) is 0.570. The van der Waals surface area contributed by atoms with E-state index in [0.29, 0.717) is 4.47 Å². The van der Waals surface area contributed by atoms with Crippen molar-refractivity contribution in [3.63, 3.8) is 0 Å². The molecule has 2 nitrogen and oxygen atoms in total. The highest BCUT2D eigenvalue weighted by atomic mass is 79.9. The summed E-state index contributed by atoms with van der Waals surface area (Å²) in [6.45, 7) is 4.08. The lowest BCUT2D eigenvalue weighted by Crippen LogP contribution is -2.19. The molecule has 0 bridgehead atoms. The van der Waals surface area contributed by atoms with E-state index in [4.69, 9.17) is 4.74 Å². The lowest BCUT2D eigenvalue weighted by Gasteiger charge is -2.23. The molecule has 0 aromatic heterocycles. The lowest BCUT2D eigenvalue weighted by atomic mass is 9.94. The molecule has 0 amide bonds. The first-order valence-corrected chi connectivity index (χ1v) is 7.55. The van der Waals surface area contributed by atoms with E-state index >= 15 is 0 Å². The van der Waals surface area contributed by atoms with Crippen molar-refractivity contribution in [1.82, 2.24) is 5.32 Å². The summed E-state index contributed by atoms with van der Waals surface area (Å²) in [7, 11) is 3.52. The van der Waals surface area contributed by atoms with Gasteiger partial charge in [0.15, 0.2) is 0 Å². The Bertz CT molecular complexity index is 657. The SMILES string of the molecule is CNC(c1cccc(F)c1Br)c1ccc(C)c(C)c1OC. The van der Waals surface area contributed by atoms with Crippen molar-refractivity contribution in [1.29, 1.82) is 0 Å². The molecule has 0 saturated heterocycles. The predicted molar refractivity (Wildman–Crippen MR) is 87.5 cm³/mol. The first-order chi connectivity index (χ1) is 10.0. The Morgan fingerprint density at radius 3 is 2.48 bits per heavy atom. The highest BCUT2D eigenvalue weighted by Crippen LogP contribution is 2.37. The van der Waals surface area contributed by atoms with E-state index in [0.717, 1.165) is 22.4 Å². The number of halogens is 2. The number of hydrogen-bond donors (Lipinski definition) is 1. The summed E-state index contributed by atoms with van der Waals surface area (Å²) in [5, 5.41) is 3.25. The Hall–Kier alpha value is -1.39. The molecule has 0 fully saturated rings. The van der Waals surface area contributed by atoms with Crippen LogP contribution in [0.1, 0.15) is 28.3 Å². The summed E-state index contributed by atoms with van der Waals surface area (Å²) in [4.78, 5) is 0. The van der Waals surface area contributed by atoms with Crippen molar-refractivity contribution in [2.45, 2.75) is 19.9 Å². The van der Waals surface area contributed by atoms with Gasteiger partial charge in [0.2, 0.25) is 0 Å². The maximum atomic E-state index is 13.8. The van der Waals surface area contributed by atoms with E-state index in [9.17, 15) is 4.39 Å². The molecule has 1 unspecified atom stereocenters. The molecule has 0 aliphatic carbocycles. The molecule has 0 spiro atoms. The van der Waals surface area contributed by atoms with Crippen LogP contribution in [0.15, 0.2) is 34.8 Å². The Kier molecular flexibility index (Phi) is 5.01. The largest absolute Gasteiger partial charge is 0.496 e. The molecule has 0 radical (unpaired) electrons. The van der Waals surface area contributed by atoms with Crippen molar-refractivity contribution in [2.75, 3.05) is 14.2 Å². The Balaban J connectivity index is 2.62. The van der Waals surface area contributed by atoms with Crippen LogP contribution in [0.3, 0.4) is 0 Å². The molecule has 1 N–H and O–H groups in total. The molecule has 2 rings (SSSR count). The number of hydrogen-bond acceptors (Lipinski definition) is 2. The third-order valence-electron chi connectivity index (χ3n) is 3.80. The van der Waals surface area contributed by atoms with Crippen LogP contribution in [0, 0.1) is 19.7 Å². The van der Waals surface area contributed by atoms with E-state index in [1.807, 2.05) is 33.0 Å². The molecular formula is C17H19BrFNO. The second-order valence-electron chi connectivity index (χ2n) is 4.99. The number of rotatable bonds is 4. The molecule has 2 aromatic carbocycles. The van der Waals surface area contributed by atoms with Crippen molar-refractivity contribution in [3.8, 4) is 5.75 Å². The quantitative estimate of drug-likeness (QED) is 0.873. The fourth-order valence-corrected chi connectivity index (χ4v) is 3.02. The smallest absolute Gasteiger partial charge is 0.137 e. The van der Waals surface area contributed by atoms with Gasteiger partial charge in [0.25, 0.3) is 0 Å². The lowest BCUT2D eigenvalue weighted by molar-refractivity contribution is 0.401. The normalized spacial score (nSPS) is 12.3. The topological polar surface area (TPSA) is 21.3 Å². The Morgan fingerprint density at radius 1 is 1.14 bits per heavy atom. The number of ether oxygens (including phenoxy) is 1. The molecule has 21 heavy (non-hydrogen) atoms. The minimum Gasteiger partial charge on any atom is -0.496 e. The van der Waals surface area contributed by atoms with Gasteiger partial charge in [0.05, 0.1) is 17.6 Å². The first-order valence-electron chi connectivity index (χ1n) is 6.76. The van der Waals surface area contributed by atoms with Crippen LogP contribution in [0.2, 0.25) is 0 Å². The van der Waals surface area contributed by atoms with Gasteiger partial charge in [-0.25, -0.2) is 4.39 Å². The summed E-state index contributed by atoms with van der Waals surface area (Å²) < 4.78 is 19.9. The summed E-state index contributed by atoms with van der Waals surface area (Å²) >= 11 is 3.34. The van der Waals surface area contributed by atoms with Gasteiger partial charge in [0, 0.05) is 5.56 Å². The zero-order chi connectivity index (χ0) is 15.6. The number of aryl methyl sites for hydroxylation is 1. The van der Waals surface area contributed by atoms with E-state index < -0.39 is 0 Å². The molecule has 0 aliphatic rings. The van der Waals surface area contributed by atoms with Gasteiger partial charge in [0.1, 0.15) is 11.6 Å². The van der Waals surface area contributed by atoms with Gasteiger partial charge in [-0.05, 0) is 59.6 Å². The first kappa shape index (κ1) is 16.0. The number of methoxy groups -OCH3 is 1. The molecule has 0 aliphatic heterocycles.